The normalized spacial score (nSPS) is 16.2. The molecule has 0 aliphatic carbocycles. The second kappa shape index (κ2) is 5.55. The van der Waals surface area contributed by atoms with E-state index in [1.54, 1.807) is 11.3 Å². The van der Waals surface area contributed by atoms with Gasteiger partial charge in [-0.15, -0.1) is 11.3 Å². The summed E-state index contributed by atoms with van der Waals surface area (Å²) in [7, 11) is 0. The molecule has 0 bridgehead atoms. The Morgan fingerprint density at radius 3 is 2.78 bits per heavy atom. The fraction of sp³-hybridized carbons (Fsp3) is 0.176. The minimum Gasteiger partial charge on any atom is -0.494 e. The molecular weight excluding hydrogens is 310 g/mol. The Kier molecular flexibility index (Phi) is 3.38. The highest BCUT2D eigenvalue weighted by Gasteiger charge is 2.35. The van der Waals surface area contributed by atoms with Crippen LogP contribution in [0.3, 0.4) is 0 Å². The monoisotopic (exact) mass is 325 g/mol. The van der Waals surface area contributed by atoms with Gasteiger partial charge in [0, 0.05) is 5.56 Å². The number of rotatable bonds is 4. The number of hydrogen-bond donors (Lipinski definition) is 2. The molecule has 2 N–H and O–H groups in total. The van der Waals surface area contributed by atoms with Gasteiger partial charge in [0.05, 0.1) is 23.2 Å². The number of hydrogen-bond acceptors (Lipinski definition) is 4. The number of carbonyl (C=O) groups excluding carboxylic acids is 1. The van der Waals surface area contributed by atoms with E-state index in [1.807, 2.05) is 48.7 Å². The van der Waals surface area contributed by atoms with Gasteiger partial charge >= 0.3 is 0 Å². The molecule has 4 rings (SSSR count). The number of H-pyrrole nitrogens is 1. The summed E-state index contributed by atoms with van der Waals surface area (Å²) in [6.45, 7) is 2.59. The van der Waals surface area contributed by atoms with Crippen LogP contribution in [0.1, 0.15) is 34.6 Å². The third-order valence-electron chi connectivity index (χ3n) is 3.88. The smallest absolute Gasteiger partial charge is 0.272 e. The van der Waals surface area contributed by atoms with Crippen molar-refractivity contribution < 1.29 is 9.53 Å². The van der Waals surface area contributed by atoms with E-state index in [2.05, 4.69) is 15.5 Å². The number of carbonyl (C=O) groups is 1. The molecule has 3 aromatic rings. The van der Waals surface area contributed by atoms with E-state index >= 15 is 0 Å². The summed E-state index contributed by atoms with van der Waals surface area (Å²) in [6, 6.07) is 11.6. The molecule has 0 unspecified atom stereocenters. The summed E-state index contributed by atoms with van der Waals surface area (Å²) < 4.78 is 5.48. The van der Waals surface area contributed by atoms with Crippen LogP contribution in [0.15, 0.2) is 41.8 Å². The van der Waals surface area contributed by atoms with Crippen LogP contribution in [0.5, 0.6) is 5.75 Å². The van der Waals surface area contributed by atoms with Crippen molar-refractivity contribution in [1.29, 1.82) is 0 Å². The molecule has 1 atom stereocenters. The van der Waals surface area contributed by atoms with Gasteiger partial charge in [-0.2, -0.15) is 5.10 Å². The number of benzene rings is 1. The number of aromatic amines is 1. The first-order chi connectivity index (χ1) is 11.3. The maximum Gasteiger partial charge on any atom is 0.272 e. The average molecular weight is 325 g/mol. The number of nitrogens with zero attached hydrogens (tertiary/aromatic N) is 1. The first-order valence-corrected chi connectivity index (χ1v) is 8.31. The van der Waals surface area contributed by atoms with Crippen LogP contribution in [-0.4, -0.2) is 22.7 Å². The molecule has 1 aliphatic rings. The van der Waals surface area contributed by atoms with Crippen molar-refractivity contribution in [2.24, 2.45) is 0 Å². The lowest BCUT2D eigenvalue weighted by Gasteiger charge is -2.14. The predicted octanol–water partition coefficient (Wildman–Crippen LogP) is 3.37. The lowest BCUT2D eigenvalue weighted by Crippen LogP contribution is -2.21. The zero-order valence-corrected chi connectivity index (χ0v) is 13.3. The molecule has 0 fully saturated rings. The molecule has 1 amide bonds. The molecule has 6 heteroatoms. The molecule has 1 aromatic carbocycles. The number of amides is 1. The highest BCUT2D eigenvalue weighted by Crippen LogP contribution is 2.38. The van der Waals surface area contributed by atoms with Gasteiger partial charge in [-0.1, -0.05) is 18.2 Å². The molecule has 0 radical (unpaired) electrons. The van der Waals surface area contributed by atoms with Crippen molar-refractivity contribution in [3.8, 4) is 16.3 Å². The van der Waals surface area contributed by atoms with Gasteiger partial charge in [0.2, 0.25) is 0 Å². The van der Waals surface area contributed by atoms with E-state index < -0.39 is 0 Å². The zero-order chi connectivity index (χ0) is 15.8. The van der Waals surface area contributed by atoms with Crippen LogP contribution in [0.4, 0.5) is 0 Å². The third kappa shape index (κ3) is 2.31. The molecule has 0 saturated heterocycles. The van der Waals surface area contributed by atoms with Crippen LogP contribution in [0.25, 0.3) is 10.6 Å². The average Bonchev–Trinajstić information content (AvgIpc) is 3.27. The summed E-state index contributed by atoms with van der Waals surface area (Å²) in [4.78, 5) is 13.3. The highest BCUT2D eigenvalue weighted by atomic mass is 32.1. The fourth-order valence-electron chi connectivity index (χ4n) is 2.86. The van der Waals surface area contributed by atoms with Crippen LogP contribution in [0.2, 0.25) is 0 Å². The SMILES string of the molecule is CCOc1ccc([C@H]2NC(=O)c3n[nH]c(-c4cccs4)c32)cc1. The van der Waals surface area contributed by atoms with Crippen LogP contribution >= 0.6 is 11.3 Å². The van der Waals surface area contributed by atoms with Gasteiger partial charge in [0.1, 0.15) is 5.75 Å². The van der Waals surface area contributed by atoms with Crippen LogP contribution < -0.4 is 10.1 Å². The Balaban J connectivity index is 1.76. The Bertz CT molecular complexity index is 837. The van der Waals surface area contributed by atoms with Crippen molar-refractivity contribution in [2.75, 3.05) is 6.61 Å². The highest BCUT2D eigenvalue weighted by molar-refractivity contribution is 7.13. The van der Waals surface area contributed by atoms with Crippen molar-refractivity contribution in [1.82, 2.24) is 15.5 Å². The minimum atomic E-state index is -0.191. The van der Waals surface area contributed by atoms with E-state index in [4.69, 9.17) is 4.74 Å². The Hall–Kier alpha value is -2.60. The van der Waals surface area contributed by atoms with E-state index in [-0.39, 0.29) is 11.9 Å². The molecule has 2 aromatic heterocycles. The van der Waals surface area contributed by atoms with Gasteiger partial charge in [-0.3, -0.25) is 9.89 Å². The van der Waals surface area contributed by atoms with Crippen LogP contribution in [0, 0.1) is 0 Å². The molecular formula is C17H15N3O2S. The minimum absolute atomic E-state index is 0.141. The Morgan fingerprint density at radius 2 is 2.09 bits per heavy atom. The number of thiophene rings is 1. The number of fused-ring (bicyclic) bond motifs is 1. The van der Waals surface area contributed by atoms with E-state index in [0.29, 0.717) is 12.3 Å². The Morgan fingerprint density at radius 1 is 1.26 bits per heavy atom. The summed E-state index contributed by atoms with van der Waals surface area (Å²) >= 11 is 1.62. The van der Waals surface area contributed by atoms with E-state index in [1.165, 1.54) is 0 Å². The number of ether oxygens (including phenoxy) is 1. The number of aromatic nitrogens is 2. The first kappa shape index (κ1) is 14.0. The summed E-state index contributed by atoms with van der Waals surface area (Å²) in [5.41, 5.74) is 3.32. The second-order valence-corrected chi connectivity index (χ2v) is 6.19. The van der Waals surface area contributed by atoms with Crippen molar-refractivity contribution in [3.63, 3.8) is 0 Å². The maximum atomic E-state index is 12.2. The van der Waals surface area contributed by atoms with Crippen molar-refractivity contribution in [3.05, 3.63) is 58.6 Å². The van der Waals surface area contributed by atoms with Gasteiger partial charge in [-0.05, 0) is 36.1 Å². The third-order valence-corrected chi connectivity index (χ3v) is 4.76. The van der Waals surface area contributed by atoms with Crippen molar-refractivity contribution in [2.45, 2.75) is 13.0 Å². The Labute approximate surface area is 137 Å². The molecule has 1 aliphatic heterocycles. The zero-order valence-electron chi connectivity index (χ0n) is 12.5. The summed E-state index contributed by atoms with van der Waals surface area (Å²) in [6.07, 6.45) is 0. The lowest BCUT2D eigenvalue weighted by molar-refractivity contribution is 0.0955. The van der Waals surface area contributed by atoms with Crippen LogP contribution in [-0.2, 0) is 0 Å². The van der Waals surface area contributed by atoms with E-state index in [0.717, 1.165) is 27.4 Å². The summed E-state index contributed by atoms with van der Waals surface area (Å²) in [5, 5.41) is 12.2. The molecule has 23 heavy (non-hydrogen) atoms. The quantitative estimate of drug-likeness (QED) is 0.773. The van der Waals surface area contributed by atoms with Gasteiger partial charge in [-0.25, -0.2) is 0 Å². The largest absolute Gasteiger partial charge is 0.494 e. The first-order valence-electron chi connectivity index (χ1n) is 7.43. The molecule has 5 nitrogen and oxygen atoms in total. The fourth-order valence-corrected chi connectivity index (χ4v) is 3.59. The topological polar surface area (TPSA) is 67.0 Å². The van der Waals surface area contributed by atoms with Gasteiger partial charge in [0.25, 0.3) is 5.91 Å². The standard InChI is InChI=1S/C17H15N3O2S/c1-2-22-11-7-5-10(6-8-11)14-13-15(12-4-3-9-23-12)19-20-16(13)17(21)18-14/h3-9,14H,2H2,1H3,(H,18,21)(H,19,20)/t14-/m1/s1. The van der Waals surface area contributed by atoms with Gasteiger partial charge in [0.15, 0.2) is 5.69 Å². The van der Waals surface area contributed by atoms with Gasteiger partial charge < -0.3 is 10.1 Å². The maximum absolute atomic E-state index is 12.2. The molecule has 3 heterocycles. The lowest BCUT2D eigenvalue weighted by atomic mass is 9.99. The van der Waals surface area contributed by atoms with Crippen molar-refractivity contribution >= 4 is 17.2 Å². The number of nitrogens with one attached hydrogen (secondary N) is 2. The molecule has 0 saturated carbocycles. The molecule has 116 valence electrons. The molecule has 0 spiro atoms. The predicted molar refractivity (Wildman–Crippen MR) is 88.8 cm³/mol. The van der Waals surface area contributed by atoms with E-state index in [9.17, 15) is 4.79 Å². The summed E-state index contributed by atoms with van der Waals surface area (Å²) in [5.74, 6) is 0.685. The second-order valence-electron chi connectivity index (χ2n) is 5.25.